The molecule has 0 spiro atoms. The second-order valence-electron chi connectivity index (χ2n) is 6.41. The quantitative estimate of drug-likeness (QED) is 0.849. The van der Waals surface area contributed by atoms with Crippen LogP contribution in [0.4, 0.5) is 17.5 Å². The number of para-hydroxylation sites is 1. The second kappa shape index (κ2) is 5.59. The summed E-state index contributed by atoms with van der Waals surface area (Å²) in [5.74, 6) is 2.74. The Balaban J connectivity index is 1.60. The van der Waals surface area contributed by atoms with Crippen molar-refractivity contribution in [3.05, 3.63) is 42.1 Å². The molecule has 0 radical (unpaired) electrons. The Kier molecular flexibility index (Phi) is 3.45. The predicted molar refractivity (Wildman–Crippen MR) is 89.8 cm³/mol. The first kappa shape index (κ1) is 13.6. The molecule has 0 N–H and O–H groups in total. The number of rotatable bonds is 2. The van der Waals surface area contributed by atoms with Gasteiger partial charge in [0.2, 0.25) is 5.95 Å². The highest BCUT2D eigenvalue weighted by Crippen LogP contribution is 2.33. The topological polar surface area (TPSA) is 32.3 Å². The van der Waals surface area contributed by atoms with E-state index < -0.39 is 0 Å². The maximum Gasteiger partial charge on any atom is 0.231 e. The zero-order valence-corrected chi connectivity index (χ0v) is 13.1. The first-order valence-corrected chi connectivity index (χ1v) is 8.25. The van der Waals surface area contributed by atoms with Crippen molar-refractivity contribution in [2.45, 2.75) is 26.2 Å². The molecule has 0 bridgehead atoms. The molecule has 1 saturated heterocycles. The molecule has 3 heterocycles. The smallest absolute Gasteiger partial charge is 0.231 e. The fourth-order valence-corrected chi connectivity index (χ4v) is 3.43. The van der Waals surface area contributed by atoms with Crippen LogP contribution in [0.15, 0.2) is 36.5 Å². The van der Waals surface area contributed by atoms with Crippen molar-refractivity contribution < 1.29 is 0 Å². The van der Waals surface area contributed by atoms with Crippen LogP contribution in [0.5, 0.6) is 0 Å². The molecule has 4 rings (SSSR count). The summed E-state index contributed by atoms with van der Waals surface area (Å²) in [6.07, 6.45) is 5.49. The van der Waals surface area contributed by atoms with E-state index in [-0.39, 0.29) is 0 Å². The van der Waals surface area contributed by atoms with Crippen LogP contribution in [0, 0.1) is 5.92 Å². The van der Waals surface area contributed by atoms with Crippen LogP contribution in [-0.4, -0.2) is 29.6 Å². The summed E-state index contributed by atoms with van der Waals surface area (Å²) >= 11 is 0. The Hall–Kier alpha value is -2.10. The van der Waals surface area contributed by atoms with Crippen LogP contribution in [0.3, 0.4) is 0 Å². The first-order chi connectivity index (χ1) is 10.8. The summed E-state index contributed by atoms with van der Waals surface area (Å²) in [7, 11) is 0. The van der Waals surface area contributed by atoms with Gasteiger partial charge in [-0.05, 0) is 42.9 Å². The van der Waals surface area contributed by atoms with Crippen molar-refractivity contribution in [2.24, 2.45) is 5.92 Å². The van der Waals surface area contributed by atoms with Gasteiger partial charge in [-0.1, -0.05) is 25.1 Å². The van der Waals surface area contributed by atoms with Crippen LogP contribution in [-0.2, 0) is 6.42 Å². The summed E-state index contributed by atoms with van der Waals surface area (Å²) in [6, 6.07) is 10.6. The molecule has 4 heteroatoms. The van der Waals surface area contributed by atoms with E-state index >= 15 is 0 Å². The molecule has 0 amide bonds. The SMILES string of the molecule is CC1CCN(c2ccnc(N3CCc4ccccc43)n2)CC1. The van der Waals surface area contributed by atoms with Gasteiger partial charge < -0.3 is 9.80 Å². The van der Waals surface area contributed by atoms with Crippen molar-refractivity contribution >= 4 is 17.5 Å². The van der Waals surface area contributed by atoms with Crippen LogP contribution < -0.4 is 9.80 Å². The van der Waals surface area contributed by atoms with Gasteiger partial charge in [0.1, 0.15) is 5.82 Å². The lowest BCUT2D eigenvalue weighted by molar-refractivity contribution is 0.436. The molecule has 1 aromatic heterocycles. The third-order valence-electron chi connectivity index (χ3n) is 4.86. The zero-order valence-electron chi connectivity index (χ0n) is 13.1. The van der Waals surface area contributed by atoms with Gasteiger partial charge in [-0.25, -0.2) is 4.98 Å². The largest absolute Gasteiger partial charge is 0.356 e. The lowest BCUT2D eigenvalue weighted by Crippen LogP contribution is -2.33. The van der Waals surface area contributed by atoms with Crippen molar-refractivity contribution in [3.63, 3.8) is 0 Å². The average Bonchev–Trinajstić information content (AvgIpc) is 3.00. The minimum Gasteiger partial charge on any atom is -0.356 e. The molecule has 2 aliphatic heterocycles. The summed E-state index contributed by atoms with van der Waals surface area (Å²) in [4.78, 5) is 14.0. The molecule has 4 nitrogen and oxygen atoms in total. The summed E-state index contributed by atoms with van der Waals surface area (Å²) in [6.45, 7) is 5.52. The van der Waals surface area contributed by atoms with Crippen molar-refractivity contribution in [2.75, 3.05) is 29.4 Å². The van der Waals surface area contributed by atoms with Gasteiger partial charge in [-0.3, -0.25) is 0 Å². The Morgan fingerprint density at radius 2 is 1.86 bits per heavy atom. The summed E-state index contributed by atoms with van der Waals surface area (Å²) in [5.41, 5.74) is 2.65. The third-order valence-corrected chi connectivity index (χ3v) is 4.86. The fraction of sp³-hybridized carbons (Fsp3) is 0.444. The zero-order chi connectivity index (χ0) is 14.9. The monoisotopic (exact) mass is 294 g/mol. The van der Waals surface area contributed by atoms with Crippen molar-refractivity contribution in [3.8, 4) is 0 Å². The van der Waals surface area contributed by atoms with Gasteiger partial charge in [-0.15, -0.1) is 0 Å². The first-order valence-electron chi connectivity index (χ1n) is 8.25. The maximum atomic E-state index is 4.84. The lowest BCUT2D eigenvalue weighted by Gasteiger charge is -2.31. The number of aromatic nitrogens is 2. The normalized spacial score (nSPS) is 18.6. The van der Waals surface area contributed by atoms with Gasteiger partial charge in [0.15, 0.2) is 0 Å². The van der Waals surface area contributed by atoms with Gasteiger partial charge in [0.25, 0.3) is 0 Å². The van der Waals surface area contributed by atoms with E-state index in [9.17, 15) is 0 Å². The second-order valence-corrected chi connectivity index (χ2v) is 6.41. The van der Waals surface area contributed by atoms with Crippen LogP contribution in [0.2, 0.25) is 0 Å². The minimum atomic E-state index is 0.834. The predicted octanol–water partition coefficient (Wildman–Crippen LogP) is 3.41. The number of piperidine rings is 1. The average molecular weight is 294 g/mol. The number of anilines is 3. The van der Waals surface area contributed by atoms with E-state index in [1.165, 1.54) is 24.1 Å². The standard InChI is InChI=1S/C18H22N4/c1-14-7-11-21(12-8-14)17-6-10-19-18(20-17)22-13-9-15-4-2-3-5-16(15)22/h2-6,10,14H,7-9,11-13H2,1H3. The minimum absolute atomic E-state index is 0.834. The molecule has 1 fully saturated rings. The highest BCUT2D eigenvalue weighted by Gasteiger charge is 2.23. The molecule has 114 valence electrons. The molecule has 0 saturated carbocycles. The van der Waals surface area contributed by atoms with Crippen LogP contribution in [0.1, 0.15) is 25.3 Å². The van der Waals surface area contributed by atoms with Crippen molar-refractivity contribution in [1.82, 2.24) is 9.97 Å². The highest BCUT2D eigenvalue weighted by atomic mass is 15.3. The number of benzene rings is 1. The maximum absolute atomic E-state index is 4.84. The summed E-state index contributed by atoms with van der Waals surface area (Å²) < 4.78 is 0. The van der Waals surface area contributed by atoms with E-state index in [0.29, 0.717) is 0 Å². The molecule has 2 aromatic rings. The number of nitrogens with zero attached hydrogens (tertiary/aromatic N) is 4. The molecule has 1 aromatic carbocycles. The van der Waals surface area contributed by atoms with E-state index in [4.69, 9.17) is 4.98 Å². The third kappa shape index (κ3) is 2.43. The molecular weight excluding hydrogens is 272 g/mol. The number of hydrogen-bond donors (Lipinski definition) is 0. The number of fused-ring (bicyclic) bond motifs is 1. The Morgan fingerprint density at radius 3 is 2.73 bits per heavy atom. The van der Waals surface area contributed by atoms with E-state index in [2.05, 4.69) is 46.0 Å². The molecule has 0 aliphatic carbocycles. The summed E-state index contributed by atoms with van der Waals surface area (Å²) in [5, 5.41) is 0. The van der Waals surface area contributed by atoms with Gasteiger partial charge in [0.05, 0.1) is 0 Å². The molecule has 2 aliphatic rings. The van der Waals surface area contributed by atoms with Crippen molar-refractivity contribution in [1.29, 1.82) is 0 Å². The Bertz CT molecular complexity index is 662. The molecule has 0 atom stereocenters. The highest BCUT2D eigenvalue weighted by molar-refractivity contribution is 5.66. The lowest BCUT2D eigenvalue weighted by atomic mass is 9.99. The van der Waals surface area contributed by atoms with E-state index in [1.54, 1.807) is 0 Å². The van der Waals surface area contributed by atoms with E-state index in [0.717, 1.165) is 43.7 Å². The fourth-order valence-electron chi connectivity index (χ4n) is 3.43. The Morgan fingerprint density at radius 1 is 1.05 bits per heavy atom. The molecule has 0 unspecified atom stereocenters. The van der Waals surface area contributed by atoms with Gasteiger partial charge in [-0.2, -0.15) is 4.98 Å². The molecule has 22 heavy (non-hydrogen) atoms. The Labute approximate surface area is 131 Å². The van der Waals surface area contributed by atoms with Crippen LogP contribution in [0.25, 0.3) is 0 Å². The van der Waals surface area contributed by atoms with Gasteiger partial charge >= 0.3 is 0 Å². The van der Waals surface area contributed by atoms with E-state index in [1.807, 2.05) is 12.3 Å². The number of hydrogen-bond acceptors (Lipinski definition) is 4. The van der Waals surface area contributed by atoms with Crippen LogP contribution >= 0.6 is 0 Å². The molecular formula is C18H22N4. The van der Waals surface area contributed by atoms with Gasteiger partial charge in [0, 0.05) is 31.5 Å².